The zero-order valence-electron chi connectivity index (χ0n) is 15.2. The average molecular weight is 374 g/mol. The molecule has 1 saturated heterocycles. The molecular formula is C19H23FN4O3. The van der Waals surface area contributed by atoms with Gasteiger partial charge in [-0.2, -0.15) is 0 Å². The lowest BCUT2D eigenvalue weighted by atomic mass is 9.93. The molecule has 0 aromatic heterocycles. The van der Waals surface area contributed by atoms with Gasteiger partial charge in [-0.25, -0.2) is 4.39 Å². The van der Waals surface area contributed by atoms with Crippen LogP contribution in [0.25, 0.3) is 0 Å². The van der Waals surface area contributed by atoms with Crippen LogP contribution in [-0.2, 0) is 14.4 Å². The van der Waals surface area contributed by atoms with Crippen molar-refractivity contribution in [3.63, 3.8) is 0 Å². The molecule has 7 nitrogen and oxygen atoms in total. The number of oxime groups is 1. The summed E-state index contributed by atoms with van der Waals surface area (Å²) in [5.41, 5.74) is 1.02. The molecule has 2 heterocycles. The minimum Gasteiger partial charge on any atom is -0.363 e. The van der Waals surface area contributed by atoms with Gasteiger partial charge < -0.3 is 20.4 Å². The first-order chi connectivity index (χ1) is 13.0. The lowest BCUT2D eigenvalue weighted by molar-refractivity contribution is -0.136. The summed E-state index contributed by atoms with van der Waals surface area (Å²) in [4.78, 5) is 31.9. The van der Waals surface area contributed by atoms with Crippen LogP contribution >= 0.6 is 0 Å². The second-order valence-corrected chi connectivity index (χ2v) is 7.65. The minimum atomic E-state index is -0.732. The van der Waals surface area contributed by atoms with E-state index < -0.39 is 24.0 Å². The van der Waals surface area contributed by atoms with E-state index in [4.69, 9.17) is 4.84 Å². The fraction of sp³-hybridized carbons (Fsp3) is 0.526. The van der Waals surface area contributed by atoms with E-state index in [0.29, 0.717) is 11.0 Å². The van der Waals surface area contributed by atoms with Crippen LogP contribution in [0.3, 0.4) is 0 Å². The molecule has 2 fully saturated rings. The largest absolute Gasteiger partial charge is 0.363 e. The van der Waals surface area contributed by atoms with Gasteiger partial charge in [-0.15, -0.1) is 0 Å². The van der Waals surface area contributed by atoms with Gasteiger partial charge in [-0.1, -0.05) is 17.3 Å². The first kappa shape index (κ1) is 17.8. The summed E-state index contributed by atoms with van der Waals surface area (Å²) in [6, 6.07) is 5.21. The van der Waals surface area contributed by atoms with E-state index in [-0.39, 0.29) is 11.7 Å². The third-order valence-electron chi connectivity index (χ3n) is 5.69. The minimum absolute atomic E-state index is 0.0283. The number of amidine groups is 1. The molecule has 1 spiro atoms. The van der Waals surface area contributed by atoms with Gasteiger partial charge in [0.05, 0.1) is 0 Å². The summed E-state index contributed by atoms with van der Waals surface area (Å²) in [5.74, 6) is -1.03. The highest BCUT2D eigenvalue weighted by Gasteiger charge is 2.45. The first-order valence-corrected chi connectivity index (χ1v) is 9.31. The number of piperidine rings is 1. The Kier molecular flexibility index (Phi) is 4.49. The van der Waals surface area contributed by atoms with Crippen molar-refractivity contribution in [1.29, 1.82) is 0 Å². The zero-order valence-corrected chi connectivity index (χ0v) is 15.2. The number of carbonyl (C=O) groups excluding carboxylic acids is 2. The van der Waals surface area contributed by atoms with Crippen molar-refractivity contribution in [1.82, 2.24) is 15.5 Å². The molecule has 8 heteroatoms. The molecule has 27 heavy (non-hydrogen) atoms. The fourth-order valence-electron chi connectivity index (χ4n) is 3.68. The van der Waals surface area contributed by atoms with Crippen molar-refractivity contribution in [2.75, 3.05) is 13.1 Å². The predicted molar refractivity (Wildman–Crippen MR) is 95.9 cm³/mol. The maximum Gasteiger partial charge on any atom is 0.290 e. The van der Waals surface area contributed by atoms with Gasteiger partial charge in [0.1, 0.15) is 11.9 Å². The highest BCUT2D eigenvalue weighted by molar-refractivity contribution is 6.38. The van der Waals surface area contributed by atoms with Gasteiger partial charge in [0.15, 0.2) is 0 Å². The number of likely N-dealkylation sites (tertiary alicyclic amines) is 1. The Morgan fingerprint density at radius 2 is 2.07 bits per heavy atom. The smallest absolute Gasteiger partial charge is 0.290 e. The second-order valence-electron chi connectivity index (χ2n) is 7.65. The number of carbonyl (C=O) groups is 2. The number of halogens is 1. The molecule has 1 aromatic rings. The molecule has 1 aliphatic carbocycles. The van der Waals surface area contributed by atoms with Gasteiger partial charge in [0.2, 0.25) is 18.0 Å². The summed E-state index contributed by atoms with van der Waals surface area (Å²) in [6.45, 7) is 3.17. The number of benzene rings is 1. The summed E-state index contributed by atoms with van der Waals surface area (Å²) < 4.78 is 13.3. The summed E-state index contributed by atoms with van der Waals surface area (Å²) in [5, 5.41) is 9.18. The van der Waals surface area contributed by atoms with Gasteiger partial charge in [-0.3, -0.25) is 9.59 Å². The Hall–Kier alpha value is -2.64. The summed E-state index contributed by atoms with van der Waals surface area (Å²) >= 11 is 0. The van der Waals surface area contributed by atoms with E-state index in [1.165, 1.54) is 25.0 Å². The standard InChI is InChI=1S/C19H23FN4O3/c1-12(18(26)24-9-7-19(5-6-19)8-10-24)21-16(25)15-22-17(27-23-15)13-3-2-4-14(20)11-13/h2-4,11-12,17H,5-10H2,1H3,(H,21,25)(H,22,23). The Labute approximate surface area is 156 Å². The number of rotatable bonds is 4. The lowest BCUT2D eigenvalue weighted by Gasteiger charge is -2.33. The SMILES string of the molecule is CC(NC(=O)C1=NOC(c2cccc(F)c2)N1)C(=O)N1CCC2(CC1)CC2. The van der Waals surface area contributed by atoms with E-state index >= 15 is 0 Å². The van der Waals surface area contributed by atoms with Gasteiger partial charge in [0, 0.05) is 18.7 Å². The predicted octanol–water partition coefficient (Wildman–Crippen LogP) is 1.66. The highest BCUT2D eigenvalue weighted by Crippen LogP contribution is 2.53. The van der Waals surface area contributed by atoms with Crippen molar-refractivity contribution < 1.29 is 18.8 Å². The molecule has 2 amide bonds. The van der Waals surface area contributed by atoms with Crippen LogP contribution in [0.2, 0.25) is 0 Å². The highest BCUT2D eigenvalue weighted by atomic mass is 19.1. The number of hydrogen-bond donors (Lipinski definition) is 2. The number of amides is 2. The molecule has 1 aromatic carbocycles. The molecule has 144 valence electrons. The van der Waals surface area contributed by atoms with Gasteiger partial charge in [-0.05, 0) is 50.2 Å². The normalized spacial score (nSPS) is 23.9. The van der Waals surface area contributed by atoms with Crippen molar-refractivity contribution in [2.45, 2.75) is 44.9 Å². The van der Waals surface area contributed by atoms with Gasteiger partial charge >= 0.3 is 0 Å². The maximum atomic E-state index is 13.3. The van der Waals surface area contributed by atoms with Crippen LogP contribution in [0.4, 0.5) is 4.39 Å². The van der Waals surface area contributed by atoms with E-state index in [9.17, 15) is 14.0 Å². The molecule has 2 unspecified atom stereocenters. The van der Waals surface area contributed by atoms with Crippen LogP contribution in [0.15, 0.2) is 29.4 Å². The Morgan fingerprint density at radius 1 is 1.33 bits per heavy atom. The van der Waals surface area contributed by atoms with Crippen LogP contribution in [0.5, 0.6) is 0 Å². The second kappa shape index (κ2) is 6.83. The average Bonchev–Trinajstić information content (AvgIpc) is 3.22. The van der Waals surface area contributed by atoms with Crippen molar-refractivity contribution in [3.8, 4) is 0 Å². The van der Waals surface area contributed by atoms with Crippen LogP contribution in [0, 0.1) is 11.2 Å². The lowest BCUT2D eigenvalue weighted by Crippen LogP contribution is -2.52. The Balaban J connectivity index is 1.29. The van der Waals surface area contributed by atoms with E-state index in [0.717, 1.165) is 25.9 Å². The molecule has 2 atom stereocenters. The molecule has 3 aliphatic rings. The van der Waals surface area contributed by atoms with Crippen molar-refractivity contribution in [3.05, 3.63) is 35.6 Å². The van der Waals surface area contributed by atoms with Gasteiger partial charge in [0.25, 0.3) is 5.91 Å². The van der Waals surface area contributed by atoms with Crippen LogP contribution in [-0.4, -0.2) is 41.7 Å². The van der Waals surface area contributed by atoms with E-state index in [1.54, 1.807) is 19.1 Å². The molecule has 2 N–H and O–H groups in total. The maximum absolute atomic E-state index is 13.3. The number of nitrogens with one attached hydrogen (secondary N) is 2. The topological polar surface area (TPSA) is 83.0 Å². The van der Waals surface area contributed by atoms with Crippen molar-refractivity contribution >= 4 is 17.6 Å². The van der Waals surface area contributed by atoms with E-state index in [1.807, 2.05) is 4.90 Å². The fourth-order valence-corrected chi connectivity index (χ4v) is 3.68. The third kappa shape index (κ3) is 3.74. The molecule has 2 aliphatic heterocycles. The Morgan fingerprint density at radius 3 is 2.74 bits per heavy atom. The van der Waals surface area contributed by atoms with Crippen LogP contribution in [0.1, 0.15) is 44.4 Å². The Bertz CT molecular complexity index is 783. The molecule has 0 bridgehead atoms. The zero-order chi connectivity index (χ0) is 19.0. The van der Waals surface area contributed by atoms with Crippen molar-refractivity contribution in [2.24, 2.45) is 10.6 Å². The van der Waals surface area contributed by atoms with E-state index in [2.05, 4.69) is 15.8 Å². The van der Waals surface area contributed by atoms with Crippen LogP contribution < -0.4 is 10.6 Å². The third-order valence-corrected chi connectivity index (χ3v) is 5.69. The molecular weight excluding hydrogens is 351 g/mol. The number of nitrogens with zero attached hydrogens (tertiary/aromatic N) is 2. The number of hydrogen-bond acceptors (Lipinski definition) is 5. The monoisotopic (exact) mass is 374 g/mol. The quantitative estimate of drug-likeness (QED) is 0.840. The molecule has 0 radical (unpaired) electrons. The first-order valence-electron chi connectivity index (χ1n) is 9.31. The summed E-state index contributed by atoms with van der Waals surface area (Å²) in [7, 11) is 0. The molecule has 1 saturated carbocycles. The molecule has 4 rings (SSSR count). The summed E-state index contributed by atoms with van der Waals surface area (Å²) in [6.07, 6.45) is 3.93.